The van der Waals surface area contributed by atoms with E-state index in [1.807, 2.05) is 13.8 Å². The third-order valence-corrected chi connectivity index (χ3v) is 3.30. The number of nitrogens with zero attached hydrogens (tertiary/aromatic N) is 1. The lowest BCUT2D eigenvalue weighted by Crippen LogP contribution is -2.39. The molecule has 0 spiro atoms. The predicted octanol–water partition coefficient (Wildman–Crippen LogP) is 1.69. The molecule has 18 heavy (non-hydrogen) atoms. The van der Waals surface area contributed by atoms with Crippen LogP contribution in [0.3, 0.4) is 0 Å². The quantitative estimate of drug-likeness (QED) is 0.835. The summed E-state index contributed by atoms with van der Waals surface area (Å²) < 4.78 is 5.41. The molecule has 1 heterocycles. The number of rotatable bonds is 5. The molecule has 1 aliphatic rings. The average molecular weight is 251 g/mol. The van der Waals surface area contributed by atoms with Crippen LogP contribution in [0.15, 0.2) is 10.6 Å². The van der Waals surface area contributed by atoms with Crippen LogP contribution in [-0.2, 0) is 4.79 Å². The number of carbonyl (C=O) groups is 1. The average Bonchev–Trinajstić information content (AvgIpc) is 2.97. The zero-order valence-electron chi connectivity index (χ0n) is 11.0. The summed E-state index contributed by atoms with van der Waals surface area (Å²) in [6.07, 6.45) is 6.36. The van der Waals surface area contributed by atoms with Gasteiger partial charge in [-0.3, -0.25) is 10.1 Å². The Labute approximate surface area is 107 Å². The van der Waals surface area contributed by atoms with Gasteiger partial charge in [0.1, 0.15) is 5.76 Å². The summed E-state index contributed by atoms with van der Waals surface area (Å²) in [6.45, 7) is 4.10. The van der Waals surface area contributed by atoms with Crippen LogP contribution in [0.4, 0.5) is 0 Å². The van der Waals surface area contributed by atoms with Crippen molar-refractivity contribution in [3.05, 3.63) is 17.8 Å². The van der Waals surface area contributed by atoms with Gasteiger partial charge in [-0.1, -0.05) is 12.8 Å². The Morgan fingerprint density at radius 2 is 2.28 bits per heavy atom. The predicted molar refractivity (Wildman–Crippen MR) is 68.1 cm³/mol. The van der Waals surface area contributed by atoms with Crippen molar-refractivity contribution in [3.63, 3.8) is 0 Å². The maximum atomic E-state index is 11.7. The van der Waals surface area contributed by atoms with Gasteiger partial charge < -0.3 is 9.73 Å². The molecule has 0 radical (unpaired) electrons. The Kier molecular flexibility index (Phi) is 4.36. The summed E-state index contributed by atoms with van der Waals surface area (Å²) in [6, 6.07) is 0.326. The number of aryl methyl sites for hydroxylation is 1. The van der Waals surface area contributed by atoms with Gasteiger partial charge in [-0.05, 0) is 26.7 Å². The molecule has 1 aliphatic carbocycles. The summed E-state index contributed by atoms with van der Waals surface area (Å²) >= 11 is 0. The van der Waals surface area contributed by atoms with E-state index in [1.165, 1.54) is 12.8 Å². The minimum atomic E-state index is -0.0481. The van der Waals surface area contributed by atoms with E-state index in [0.717, 1.165) is 18.6 Å². The monoisotopic (exact) mass is 251 g/mol. The molecule has 1 unspecified atom stereocenters. The number of nitrogens with one attached hydrogen (secondary N) is 2. The molecule has 5 heteroatoms. The van der Waals surface area contributed by atoms with Crippen molar-refractivity contribution >= 4 is 5.91 Å². The van der Waals surface area contributed by atoms with E-state index in [2.05, 4.69) is 15.6 Å². The van der Waals surface area contributed by atoms with Crippen molar-refractivity contribution in [1.29, 1.82) is 0 Å². The zero-order valence-corrected chi connectivity index (χ0v) is 11.0. The van der Waals surface area contributed by atoms with Gasteiger partial charge in [0.15, 0.2) is 0 Å². The Hall–Kier alpha value is -1.36. The van der Waals surface area contributed by atoms with E-state index in [-0.39, 0.29) is 11.9 Å². The molecule has 5 nitrogen and oxygen atoms in total. The maximum absolute atomic E-state index is 11.7. The number of aromatic nitrogens is 1. The van der Waals surface area contributed by atoms with E-state index in [9.17, 15) is 4.79 Å². The molecule has 1 fully saturated rings. The molecule has 1 aromatic rings. The second-order valence-corrected chi connectivity index (χ2v) is 4.96. The molecule has 1 atom stereocenters. The summed E-state index contributed by atoms with van der Waals surface area (Å²) in [5, 5.41) is 6.16. The summed E-state index contributed by atoms with van der Waals surface area (Å²) in [5.41, 5.74) is 0. The topological polar surface area (TPSA) is 67.2 Å². The van der Waals surface area contributed by atoms with Crippen molar-refractivity contribution in [3.8, 4) is 0 Å². The highest BCUT2D eigenvalue weighted by Gasteiger charge is 2.18. The first-order chi connectivity index (χ1) is 8.65. The zero-order chi connectivity index (χ0) is 13.0. The van der Waals surface area contributed by atoms with Crippen LogP contribution in [-0.4, -0.2) is 23.5 Å². The minimum Gasteiger partial charge on any atom is -0.444 e. The van der Waals surface area contributed by atoms with Crippen molar-refractivity contribution < 1.29 is 9.21 Å². The van der Waals surface area contributed by atoms with Gasteiger partial charge in [0.25, 0.3) is 0 Å². The molecule has 1 amide bonds. The Bertz CT molecular complexity index is 397. The molecular formula is C13H21N3O2. The van der Waals surface area contributed by atoms with Crippen LogP contribution in [0.1, 0.15) is 50.3 Å². The second kappa shape index (κ2) is 6.00. The van der Waals surface area contributed by atoms with Gasteiger partial charge in [-0.2, -0.15) is 0 Å². The van der Waals surface area contributed by atoms with Crippen molar-refractivity contribution in [2.75, 3.05) is 6.54 Å². The Balaban J connectivity index is 1.71. The summed E-state index contributed by atoms with van der Waals surface area (Å²) in [4.78, 5) is 15.9. The third kappa shape index (κ3) is 3.57. The first-order valence-corrected chi connectivity index (χ1v) is 6.60. The minimum absolute atomic E-state index is 0.0481. The fourth-order valence-electron chi connectivity index (χ4n) is 2.25. The highest BCUT2D eigenvalue weighted by molar-refractivity contribution is 5.78. The Morgan fingerprint density at radius 1 is 1.56 bits per heavy atom. The van der Waals surface area contributed by atoms with Gasteiger partial charge in [-0.25, -0.2) is 4.98 Å². The molecule has 2 N–H and O–H groups in total. The molecular weight excluding hydrogens is 230 g/mol. The van der Waals surface area contributed by atoms with Gasteiger partial charge >= 0.3 is 0 Å². The molecule has 0 aliphatic heterocycles. The smallest absolute Gasteiger partial charge is 0.234 e. The molecule has 100 valence electrons. The van der Waals surface area contributed by atoms with Crippen LogP contribution in [0.5, 0.6) is 0 Å². The number of hydrogen-bond donors (Lipinski definition) is 2. The summed E-state index contributed by atoms with van der Waals surface area (Å²) in [5.74, 6) is 1.47. The molecule has 0 bridgehead atoms. The highest BCUT2D eigenvalue weighted by atomic mass is 16.4. The van der Waals surface area contributed by atoms with Gasteiger partial charge in [0.2, 0.25) is 11.8 Å². The SMILES string of the molecule is Cc1cnc(C(C)NCC(=O)NC2CCCC2)o1. The van der Waals surface area contributed by atoms with E-state index in [0.29, 0.717) is 18.5 Å². The largest absolute Gasteiger partial charge is 0.444 e. The third-order valence-electron chi connectivity index (χ3n) is 3.30. The fraction of sp³-hybridized carbons (Fsp3) is 0.692. The fourth-order valence-corrected chi connectivity index (χ4v) is 2.25. The molecule has 0 saturated heterocycles. The number of carbonyl (C=O) groups excluding carboxylic acids is 1. The number of oxazole rings is 1. The maximum Gasteiger partial charge on any atom is 0.234 e. The van der Waals surface area contributed by atoms with Crippen LogP contribution in [0.2, 0.25) is 0 Å². The standard InChI is InChI=1S/C13H21N3O2/c1-9-7-15-13(18-9)10(2)14-8-12(17)16-11-5-3-4-6-11/h7,10-11,14H,3-6,8H2,1-2H3,(H,16,17). The normalized spacial score (nSPS) is 17.9. The van der Waals surface area contributed by atoms with Crippen LogP contribution >= 0.6 is 0 Å². The van der Waals surface area contributed by atoms with Crippen LogP contribution < -0.4 is 10.6 Å². The molecule has 1 saturated carbocycles. The van der Waals surface area contributed by atoms with Crippen molar-refractivity contribution in [2.24, 2.45) is 0 Å². The van der Waals surface area contributed by atoms with E-state index in [1.54, 1.807) is 6.20 Å². The second-order valence-electron chi connectivity index (χ2n) is 4.96. The lowest BCUT2D eigenvalue weighted by molar-refractivity contribution is -0.121. The number of hydrogen-bond acceptors (Lipinski definition) is 4. The lowest BCUT2D eigenvalue weighted by Gasteiger charge is -2.14. The molecule has 0 aromatic carbocycles. The lowest BCUT2D eigenvalue weighted by atomic mass is 10.2. The van der Waals surface area contributed by atoms with Gasteiger partial charge in [0.05, 0.1) is 18.8 Å². The van der Waals surface area contributed by atoms with Crippen molar-refractivity contribution in [1.82, 2.24) is 15.6 Å². The molecule has 2 rings (SSSR count). The van der Waals surface area contributed by atoms with E-state index >= 15 is 0 Å². The van der Waals surface area contributed by atoms with Gasteiger partial charge in [0, 0.05) is 6.04 Å². The van der Waals surface area contributed by atoms with Crippen molar-refractivity contribution in [2.45, 2.75) is 51.6 Å². The first kappa shape index (κ1) is 13.1. The Morgan fingerprint density at radius 3 is 2.89 bits per heavy atom. The van der Waals surface area contributed by atoms with Gasteiger partial charge in [-0.15, -0.1) is 0 Å². The first-order valence-electron chi connectivity index (χ1n) is 6.60. The summed E-state index contributed by atoms with van der Waals surface area (Å²) in [7, 11) is 0. The van der Waals surface area contributed by atoms with Crippen LogP contribution in [0.25, 0.3) is 0 Å². The highest BCUT2D eigenvalue weighted by Crippen LogP contribution is 2.17. The van der Waals surface area contributed by atoms with E-state index < -0.39 is 0 Å². The molecule has 1 aromatic heterocycles. The van der Waals surface area contributed by atoms with E-state index in [4.69, 9.17) is 4.42 Å². The van der Waals surface area contributed by atoms with Crippen LogP contribution in [0, 0.1) is 6.92 Å². The number of amides is 1.